The third kappa shape index (κ3) is 3.19. The van der Waals surface area contributed by atoms with Crippen LogP contribution in [0.5, 0.6) is 0 Å². The first-order valence-corrected chi connectivity index (χ1v) is 7.93. The van der Waals surface area contributed by atoms with Crippen molar-refractivity contribution in [2.75, 3.05) is 19.7 Å². The number of hydrogen-bond donors (Lipinski definition) is 1. The van der Waals surface area contributed by atoms with Gasteiger partial charge >= 0.3 is 5.97 Å². The Kier molecular flexibility index (Phi) is 4.55. The third-order valence-corrected chi connectivity index (χ3v) is 4.89. The van der Waals surface area contributed by atoms with Crippen LogP contribution in [0.4, 0.5) is 4.39 Å². The molecule has 124 valence electrons. The van der Waals surface area contributed by atoms with E-state index in [9.17, 15) is 14.0 Å². The fraction of sp³-hybridized carbons (Fsp3) is 0.500. The van der Waals surface area contributed by atoms with Crippen molar-refractivity contribution in [1.82, 2.24) is 4.90 Å². The van der Waals surface area contributed by atoms with E-state index in [1.165, 1.54) is 12.1 Å². The molecule has 3 unspecified atom stereocenters. The molecule has 2 fully saturated rings. The monoisotopic (exact) mass is 341 g/mol. The fourth-order valence-electron chi connectivity index (χ4n) is 3.09. The number of ether oxygens (including phenoxy) is 1. The Bertz CT molecular complexity index is 639. The SMILES string of the molecule is O=C(O)C1CCC1C(=O)N1CCOC(c2ccc(F)c(Cl)c2)C1. The number of rotatable bonds is 3. The normalized spacial score (nSPS) is 27.4. The van der Waals surface area contributed by atoms with Crippen molar-refractivity contribution in [3.63, 3.8) is 0 Å². The molecule has 1 aromatic carbocycles. The Morgan fingerprint density at radius 3 is 2.65 bits per heavy atom. The minimum Gasteiger partial charge on any atom is -0.481 e. The van der Waals surface area contributed by atoms with E-state index in [2.05, 4.69) is 0 Å². The first-order valence-electron chi connectivity index (χ1n) is 7.55. The molecule has 0 radical (unpaired) electrons. The molecule has 1 aromatic rings. The van der Waals surface area contributed by atoms with Crippen molar-refractivity contribution in [2.24, 2.45) is 11.8 Å². The number of carboxylic acid groups (broad SMARTS) is 1. The summed E-state index contributed by atoms with van der Waals surface area (Å²) in [6.07, 6.45) is 0.780. The Balaban J connectivity index is 1.69. The highest BCUT2D eigenvalue weighted by molar-refractivity contribution is 6.30. The van der Waals surface area contributed by atoms with E-state index in [1.54, 1.807) is 11.0 Å². The van der Waals surface area contributed by atoms with Crippen molar-refractivity contribution in [3.05, 3.63) is 34.6 Å². The molecule has 5 nitrogen and oxygen atoms in total. The molecule has 7 heteroatoms. The first kappa shape index (κ1) is 16.2. The number of benzene rings is 1. The lowest BCUT2D eigenvalue weighted by Gasteiger charge is -2.39. The second-order valence-corrected chi connectivity index (χ2v) is 6.35. The number of morpholine rings is 1. The zero-order chi connectivity index (χ0) is 16.6. The van der Waals surface area contributed by atoms with Crippen LogP contribution in [0.2, 0.25) is 5.02 Å². The van der Waals surface area contributed by atoms with Gasteiger partial charge in [0.1, 0.15) is 11.9 Å². The molecule has 1 aliphatic carbocycles. The molecule has 0 spiro atoms. The molecule has 2 aliphatic rings. The van der Waals surface area contributed by atoms with E-state index in [4.69, 9.17) is 21.4 Å². The Labute approximate surface area is 138 Å². The van der Waals surface area contributed by atoms with Crippen molar-refractivity contribution < 1.29 is 23.8 Å². The Morgan fingerprint density at radius 2 is 2.04 bits per heavy atom. The molecule has 1 amide bonds. The highest BCUT2D eigenvalue weighted by Gasteiger charge is 2.44. The number of hydrogen-bond acceptors (Lipinski definition) is 3. The molecule has 0 bridgehead atoms. The van der Waals surface area contributed by atoms with Gasteiger partial charge in [-0.2, -0.15) is 0 Å². The molecule has 1 aliphatic heterocycles. The Morgan fingerprint density at radius 1 is 1.30 bits per heavy atom. The predicted octanol–water partition coefficient (Wildman–Crippen LogP) is 2.49. The van der Waals surface area contributed by atoms with Crippen LogP contribution in [0.1, 0.15) is 24.5 Å². The second-order valence-electron chi connectivity index (χ2n) is 5.95. The fourth-order valence-corrected chi connectivity index (χ4v) is 3.28. The summed E-state index contributed by atoms with van der Waals surface area (Å²) in [6, 6.07) is 4.36. The summed E-state index contributed by atoms with van der Waals surface area (Å²) in [6.45, 7) is 1.12. The van der Waals surface area contributed by atoms with Crippen molar-refractivity contribution >= 4 is 23.5 Å². The van der Waals surface area contributed by atoms with Crippen LogP contribution in [0.3, 0.4) is 0 Å². The number of amides is 1. The molecule has 1 heterocycles. The summed E-state index contributed by atoms with van der Waals surface area (Å²) in [5.41, 5.74) is 0.706. The Hall–Kier alpha value is -1.66. The minimum absolute atomic E-state index is 0.0134. The highest BCUT2D eigenvalue weighted by atomic mass is 35.5. The van der Waals surface area contributed by atoms with Gasteiger partial charge in [-0.25, -0.2) is 4.39 Å². The molecule has 0 aromatic heterocycles. The summed E-state index contributed by atoms with van der Waals surface area (Å²) >= 11 is 5.79. The van der Waals surface area contributed by atoms with Crippen LogP contribution in [-0.4, -0.2) is 41.6 Å². The van der Waals surface area contributed by atoms with Gasteiger partial charge in [0.2, 0.25) is 5.91 Å². The van der Waals surface area contributed by atoms with Crippen LogP contribution >= 0.6 is 11.6 Å². The van der Waals surface area contributed by atoms with Crippen molar-refractivity contribution in [3.8, 4) is 0 Å². The van der Waals surface area contributed by atoms with Crippen LogP contribution in [0.25, 0.3) is 0 Å². The van der Waals surface area contributed by atoms with Gasteiger partial charge < -0.3 is 14.7 Å². The topological polar surface area (TPSA) is 66.8 Å². The standard InChI is InChI=1S/C16H17ClFNO4/c17-12-7-9(1-4-13(12)18)14-8-19(5-6-23-14)15(20)10-2-3-11(10)16(21)22/h1,4,7,10-11,14H,2-3,5-6,8H2,(H,21,22). The largest absolute Gasteiger partial charge is 0.481 e. The zero-order valence-electron chi connectivity index (χ0n) is 12.4. The van der Waals surface area contributed by atoms with Crippen molar-refractivity contribution in [2.45, 2.75) is 18.9 Å². The smallest absolute Gasteiger partial charge is 0.307 e. The lowest BCUT2D eigenvalue weighted by molar-refractivity contribution is -0.160. The van der Waals surface area contributed by atoms with E-state index in [-0.39, 0.29) is 17.0 Å². The van der Waals surface area contributed by atoms with Gasteiger partial charge in [-0.3, -0.25) is 9.59 Å². The summed E-state index contributed by atoms with van der Waals surface area (Å²) in [5, 5.41) is 9.11. The average molecular weight is 342 g/mol. The summed E-state index contributed by atoms with van der Waals surface area (Å²) in [5.74, 6) is -2.57. The van der Waals surface area contributed by atoms with E-state index in [0.717, 1.165) is 0 Å². The number of aliphatic carboxylic acids is 1. The average Bonchev–Trinajstić information content (AvgIpc) is 2.48. The maximum Gasteiger partial charge on any atom is 0.307 e. The van der Waals surface area contributed by atoms with Crippen LogP contribution in [0.15, 0.2) is 18.2 Å². The molecule has 1 saturated heterocycles. The number of carbonyl (C=O) groups excluding carboxylic acids is 1. The molecule has 1 N–H and O–H groups in total. The quantitative estimate of drug-likeness (QED) is 0.917. The third-order valence-electron chi connectivity index (χ3n) is 4.60. The van der Waals surface area contributed by atoms with Crippen LogP contribution in [0, 0.1) is 17.7 Å². The summed E-state index contributed by atoms with van der Waals surface area (Å²) in [4.78, 5) is 25.2. The number of carboxylic acids is 1. The lowest BCUT2D eigenvalue weighted by Crippen LogP contribution is -2.50. The van der Waals surface area contributed by atoms with E-state index < -0.39 is 23.6 Å². The lowest BCUT2D eigenvalue weighted by atomic mass is 9.73. The number of carbonyl (C=O) groups is 2. The van der Waals surface area contributed by atoms with E-state index in [1.807, 2.05) is 0 Å². The molecule has 1 saturated carbocycles. The summed E-state index contributed by atoms with van der Waals surface area (Å²) in [7, 11) is 0. The zero-order valence-corrected chi connectivity index (χ0v) is 13.1. The minimum atomic E-state index is -0.912. The first-order chi connectivity index (χ1) is 11.0. The second kappa shape index (κ2) is 6.45. The van der Waals surface area contributed by atoms with Gasteiger partial charge in [-0.05, 0) is 30.5 Å². The van der Waals surface area contributed by atoms with Gasteiger partial charge in [0, 0.05) is 6.54 Å². The van der Waals surface area contributed by atoms with Crippen LogP contribution < -0.4 is 0 Å². The van der Waals surface area contributed by atoms with Gasteiger partial charge in [0.05, 0.1) is 30.0 Å². The maximum absolute atomic E-state index is 13.3. The van der Waals surface area contributed by atoms with Gasteiger partial charge in [-0.15, -0.1) is 0 Å². The predicted molar refractivity (Wildman–Crippen MR) is 80.5 cm³/mol. The summed E-state index contributed by atoms with van der Waals surface area (Å²) < 4.78 is 18.9. The highest BCUT2D eigenvalue weighted by Crippen LogP contribution is 2.37. The molecular formula is C16H17ClFNO4. The maximum atomic E-state index is 13.3. The van der Waals surface area contributed by atoms with Gasteiger partial charge in [-0.1, -0.05) is 17.7 Å². The van der Waals surface area contributed by atoms with E-state index >= 15 is 0 Å². The van der Waals surface area contributed by atoms with Crippen molar-refractivity contribution in [1.29, 1.82) is 0 Å². The van der Waals surface area contributed by atoms with Crippen LogP contribution in [-0.2, 0) is 14.3 Å². The molecular weight excluding hydrogens is 325 g/mol. The van der Waals surface area contributed by atoms with Gasteiger partial charge in [0.25, 0.3) is 0 Å². The molecule has 3 rings (SSSR count). The number of halogens is 2. The van der Waals surface area contributed by atoms with Gasteiger partial charge in [0.15, 0.2) is 0 Å². The van der Waals surface area contributed by atoms with E-state index in [0.29, 0.717) is 38.1 Å². The molecule has 23 heavy (non-hydrogen) atoms. The number of nitrogens with zero attached hydrogens (tertiary/aromatic N) is 1. The molecule has 3 atom stereocenters.